The average Bonchev–Trinajstić information content (AvgIpc) is 2.24. The molecule has 4 heteroatoms. The number of halogens is 1. The minimum Gasteiger partial charge on any atom is -0.507 e. The van der Waals surface area contributed by atoms with Crippen molar-refractivity contribution in [2.24, 2.45) is 0 Å². The third-order valence-electron chi connectivity index (χ3n) is 2.31. The molecule has 0 fully saturated rings. The SMILES string of the molecule is CCCCOC(=O)c1c(O)ccc(Cl)c1C. The van der Waals surface area contributed by atoms with Crippen molar-refractivity contribution in [2.45, 2.75) is 26.7 Å². The highest BCUT2D eigenvalue weighted by Crippen LogP contribution is 2.27. The van der Waals surface area contributed by atoms with E-state index in [9.17, 15) is 9.90 Å². The summed E-state index contributed by atoms with van der Waals surface area (Å²) in [6, 6.07) is 2.95. The number of carbonyl (C=O) groups is 1. The van der Waals surface area contributed by atoms with Crippen molar-refractivity contribution in [1.82, 2.24) is 0 Å². The number of phenols is 1. The Bertz CT molecular complexity index is 388. The number of aromatic hydroxyl groups is 1. The largest absolute Gasteiger partial charge is 0.507 e. The zero-order valence-corrected chi connectivity index (χ0v) is 10.2. The maximum absolute atomic E-state index is 11.7. The molecule has 0 unspecified atom stereocenters. The first kappa shape index (κ1) is 12.8. The molecule has 1 aromatic rings. The fraction of sp³-hybridized carbons (Fsp3) is 0.417. The summed E-state index contributed by atoms with van der Waals surface area (Å²) in [5.41, 5.74) is 0.701. The number of unbranched alkanes of at least 4 members (excludes halogenated alkanes) is 1. The van der Waals surface area contributed by atoms with E-state index < -0.39 is 5.97 Å². The van der Waals surface area contributed by atoms with Gasteiger partial charge in [-0.05, 0) is 31.0 Å². The lowest BCUT2D eigenvalue weighted by molar-refractivity contribution is 0.0495. The monoisotopic (exact) mass is 242 g/mol. The van der Waals surface area contributed by atoms with Gasteiger partial charge >= 0.3 is 5.97 Å². The summed E-state index contributed by atoms with van der Waals surface area (Å²) >= 11 is 5.87. The van der Waals surface area contributed by atoms with Crippen molar-refractivity contribution in [3.8, 4) is 5.75 Å². The van der Waals surface area contributed by atoms with Crippen LogP contribution in [0.25, 0.3) is 0 Å². The van der Waals surface area contributed by atoms with Gasteiger partial charge in [-0.2, -0.15) is 0 Å². The summed E-state index contributed by atoms with van der Waals surface area (Å²) in [4.78, 5) is 11.7. The Hall–Kier alpha value is -1.22. The van der Waals surface area contributed by atoms with Crippen molar-refractivity contribution in [3.05, 3.63) is 28.3 Å². The summed E-state index contributed by atoms with van der Waals surface area (Å²) < 4.78 is 5.03. The predicted octanol–water partition coefficient (Wildman–Crippen LogP) is 3.31. The molecule has 0 aliphatic rings. The minimum atomic E-state index is -0.522. The minimum absolute atomic E-state index is 0.0941. The Balaban J connectivity index is 2.86. The van der Waals surface area contributed by atoms with Gasteiger partial charge in [0.25, 0.3) is 0 Å². The summed E-state index contributed by atoms with van der Waals surface area (Å²) in [5, 5.41) is 10.0. The first-order valence-electron chi connectivity index (χ1n) is 5.23. The topological polar surface area (TPSA) is 46.5 Å². The van der Waals surface area contributed by atoms with Gasteiger partial charge in [-0.1, -0.05) is 24.9 Å². The Morgan fingerprint density at radius 1 is 1.50 bits per heavy atom. The smallest absolute Gasteiger partial charge is 0.342 e. The van der Waals surface area contributed by atoms with Crippen LogP contribution in [0.3, 0.4) is 0 Å². The lowest BCUT2D eigenvalue weighted by Crippen LogP contribution is -2.08. The second-order valence-electron chi connectivity index (χ2n) is 3.56. The van der Waals surface area contributed by atoms with Gasteiger partial charge in [-0.15, -0.1) is 0 Å². The standard InChI is InChI=1S/C12H15ClO3/c1-3-4-7-16-12(15)11-8(2)9(13)5-6-10(11)14/h5-6,14H,3-4,7H2,1-2H3. The summed E-state index contributed by atoms with van der Waals surface area (Å²) in [6.07, 6.45) is 1.76. The lowest BCUT2D eigenvalue weighted by Gasteiger charge is -2.09. The van der Waals surface area contributed by atoms with Crippen molar-refractivity contribution in [2.75, 3.05) is 6.61 Å². The van der Waals surface area contributed by atoms with Crippen LogP contribution in [-0.4, -0.2) is 17.7 Å². The number of benzene rings is 1. The molecule has 0 aliphatic heterocycles. The molecular weight excluding hydrogens is 228 g/mol. The molecule has 1 rings (SSSR count). The van der Waals surface area contributed by atoms with Crippen LogP contribution in [0.1, 0.15) is 35.7 Å². The predicted molar refractivity (Wildman–Crippen MR) is 63.0 cm³/mol. The van der Waals surface area contributed by atoms with Crippen LogP contribution in [0.2, 0.25) is 5.02 Å². The highest BCUT2D eigenvalue weighted by Gasteiger charge is 2.17. The van der Waals surface area contributed by atoms with Gasteiger partial charge in [0.1, 0.15) is 11.3 Å². The van der Waals surface area contributed by atoms with Crippen LogP contribution in [-0.2, 0) is 4.74 Å². The molecular formula is C12H15ClO3. The van der Waals surface area contributed by atoms with Crippen LogP contribution >= 0.6 is 11.6 Å². The molecule has 0 bridgehead atoms. The number of hydrogen-bond donors (Lipinski definition) is 1. The van der Waals surface area contributed by atoms with Crippen LogP contribution in [0.4, 0.5) is 0 Å². The van der Waals surface area contributed by atoms with E-state index in [2.05, 4.69) is 0 Å². The van der Waals surface area contributed by atoms with E-state index >= 15 is 0 Å². The van der Waals surface area contributed by atoms with Gasteiger partial charge in [0.15, 0.2) is 0 Å². The fourth-order valence-electron chi connectivity index (χ4n) is 1.31. The van der Waals surface area contributed by atoms with E-state index in [1.807, 2.05) is 6.92 Å². The van der Waals surface area contributed by atoms with E-state index in [0.717, 1.165) is 12.8 Å². The van der Waals surface area contributed by atoms with E-state index in [0.29, 0.717) is 17.2 Å². The van der Waals surface area contributed by atoms with Crippen LogP contribution < -0.4 is 0 Å². The molecule has 0 heterocycles. The van der Waals surface area contributed by atoms with E-state index in [1.54, 1.807) is 13.0 Å². The number of rotatable bonds is 4. The van der Waals surface area contributed by atoms with E-state index in [4.69, 9.17) is 16.3 Å². The summed E-state index contributed by atoms with van der Waals surface area (Å²) in [7, 11) is 0. The van der Waals surface area contributed by atoms with Crippen LogP contribution in [0, 0.1) is 6.92 Å². The third kappa shape index (κ3) is 2.89. The zero-order valence-electron chi connectivity index (χ0n) is 9.42. The Morgan fingerprint density at radius 2 is 2.19 bits per heavy atom. The lowest BCUT2D eigenvalue weighted by atomic mass is 10.1. The molecule has 0 atom stereocenters. The quantitative estimate of drug-likeness (QED) is 0.651. The Morgan fingerprint density at radius 3 is 2.81 bits per heavy atom. The molecule has 0 amide bonds. The molecule has 88 valence electrons. The maximum Gasteiger partial charge on any atom is 0.342 e. The number of hydrogen-bond acceptors (Lipinski definition) is 3. The third-order valence-corrected chi connectivity index (χ3v) is 2.72. The fourth-order valence-corrected chi connectivity index (χ4v) is 1.47. The van der Waals surface area contributed by atoms with Gasteiger partial charge < -0.3 is 9.84 Å². The van der Waals surface area contributed by atoms with Gasteiger partial charge in [0, 0.05) is 5.02 Å². The molecule has 3 nitrogen and oxygen atoms in total. The number of ether oxygens (including phenoxy) is 1. The molecule has 0 radical (unpaired) electrons. The summed E-state index contributed by atoms with van der Waals surface area (Å²) in [6.45, 7) is 4.05. The van der Waals surface area contributed by atoms with Crippen molar-refractivity contribution < 1.29 is 14.6 Å². The molecule has 0 aliphatic carbocycles. The van der Waals surface area contributed by atoms with Gasteiger partial charge in [0.2, 0.25) is 0 Å². The molecule has 1 N–H and O–H groups in total. The van der Waals surface area contributed by atoms with Gasteiger partial charge in [-0.25, -0.2) is 4.79 Å². The van der Waals surface area contributed by atoms with Gasteiger partial charge in [0.05, 0.1) is 6.61 Å². The second kappa shape index (κ2) is 5.75. The first-order valence-corrected chi connectivity index (χ1v) is 5.61. The van der Waals surface area contributed by atoms with Crippen molar-refractivity contribution in [1.29, 1.82) is 0 Å². The number of carbonyl (C=O) groups excluding carboxylic acids is 1. The van der Waals surface area contributed by atoms with Crippen molar-refractivity contribution in [3.63, 3.8) is 0 Å². The van der Waals surface area contributed by atoms with Gasteiger partial charge in [-0.3, -0.25) is 0 Å². The van der Waals surface area contributed by atoms with Crippen LogP contribution in [0.15, 0.2) is 12.1 Å². The highest BCUT2D eigenvalue weighted by atomic mass is 35.5. The zero-order chi connectivity index (χ0) is 12.1. The van der Waals surface area contributed by atoms with Crippen LogP contribution in [0.5, 0.6) is 5.75 Å². The number of phenolic OH excluding ortho intramolecular Hbond substituents is 1. The summed E-state index contributed by atoms with van der Waals surface area (Å²) in [5.74, 6) is -0.616. The molecule has 0 aromatic heterocycles. The average molecular weight is 243 g/mol. The highest BCUT2D eigenvalue weighted by molar-refractivity contribution is 6.31. The maximum atomic E-state index is 11.7. The first-order chi connectivity index (χ1) is 7.57. The van der Waals surface area contributed by atoms with Crippen molar-refractivity contribution >= 4 is 17.6 Å². The molecule has 16 heavy (non-hydrogen) atoms. The van der Waals surface area contributed by atoms with E-state index in [1.165, 1.54) is 6.07 Å². The Labute approximate surface area is 100.0 Å². The molecule has 0 spiro atoms. The van der Waals surface area contributed by atoms with E-state index in [-0.39, 0.29) is 11.3 Å². The molecule has 0 saturated carbocycles. The second-order valence-corrected chi connectivity index (χ2v) is 3.96. The molecule has 0 saturated heterocycles. The molecule has 1 aromatic carbocycles. The number of esters is 1. The Kier molecular flexibility index (Phi) is 4.62. The normalized spacial score (nSPS) is 10.2.